The molecule has 1 fully saturated rings. The summed E-state index contributed by atoms with van der Waals surface area (Å²) in [4.78, 5) is -0.0173. The van der Waals surface area contributed by atoms with Gasteiger partial charge in [0, 0.05) is 11.1 Å². The van der Waals surface area contributed by atoms with Crippen molar-refractivity contribution in [2.24, 2.45) is 0 Å². The Morgan fingerprint density at radius 3 is 2.53 bits per heavy atom. The first-order valence-corrected chi connectivity index (χ1v) is 8.29. The minimum Gasteiger partial charge on any atom is -0.391 e. The number of hydrogen-bond donors (Lipinski definition) is 2. The van der Waals surface area contributed by atoms with Gasteiger partial charge < -0.3 is 5.11 Å². The third kappa shape index (κ3) is 3.61. The van der Waals surface area contributed by atoms with Gasteiger partial charge in [-0.1, -0.05) is 36.0 Å². The second kappa shape index (κ2) is 5.97. The third-order valence-electron chi connectivity index (χ3n) is 3.22. The van der Waals surface area contributed by atoms with Gasteiger partial charge in [-0.05, 0) is 31.0 Å². The van der Waals surface area contributed by atoms with Gasteiger partial charge in [-0.15, -0.1) is 0 Å². The molecule has 0 bridgehead atoms. The van der Waals surface area contributed by atoms with Crippen LogP contribution in [0.15, 0.2) is 23.1 Å². The van der Waals surface area contributed by atoms with Crippen molar-refractivity contribution in [1.29, 1.82) is 0 Å². The molecule has 1 aliphatic rings. The zero-order valence-electron chi connectivity index (χ0n) is 10.1. The van der Waals surface area contributed by atoms with Crippen molar-refractivity contribution in [1.82, 2.24) is 4.72 Å². The minimum atomic E-state index is -3.74. The van der Waals surface area contributed by atoms with Crippen molar-refractivity contribution in [3.05, 3.63) is 28.2 Å². The van der Waals surface area contributed by atoms with Gasteiger partial charge in [-0.25, -0.2) is 13.1 Å². The topological polar surface area (TPSA) is 66.4 Å². The summed E-state index contributed by atoms with van der Waals surface area (Å²) < 4.78 is 27.0. The normalized spacial score (nSPS) is 24.4. The zero-order chi connectivity index (χ0) is 14.0. The molecule has 1 aromatic rings. The van der Waals surface area contributed by atoms with E-state index in [-0.39, 0.29) is 9.92 Å². The van der Waals surface area contributed by atoms with Gasteiger partial charge in [0.15, 0.2) is 0 Å². The molecular weight excluding hydrogens is 309 g/mol. The number of aliphatic hydroxyl groups excluding tert-OH is 1. The molecule has 19 heavy (non-hydrogen) atoms. The molecule has 0 aromatic heterocycles. The van der Waals surface area contributed by atoms with Gasteiger partial charge in [-0.2, -0.15) is 0 Å². The number of aliphatic hydroxyl groups is 1. The van der Waals surface area contributed by atoms with Crippen molar-refractivity contribution in [3.63, 3.8) is 0 Å². The highest BCUT2D eigenvalue weighted by molar-refractivity contribution is 7.89. The van der Waals surface area contributed by atoms with Crippen LogP contribution in [0.5, 0.6) is 0 Å². The first-order chi connectivity index (χ1) is 8.90. The van der Waals surface area contributed by atoms with Crippen LogP contribution in [-0.4, -0.2) is 25.7 Å². The number of halogens is 2. The summed E-state index contributed by atoms with van der Waals surface area (Å²) in [6.07, 6.45) is 2.42. The average molecular weight is 324 g/mol. The van der Waals surface area contributed by atoms with Crippen molar-refractivity contribution < 1.29 is 13.5 Å². The van der Waals surface area contributed by atoms with E-state index in [1.165, 1.54) is 18.2 Å². The number of nitrogens with one attached hydrogen (secondary N) is 1. The van der Waals surface area contributed by atoms with Crippen LogP contribution in [0.25, 0.3) is 0 Å². The van der Waals surface area contributed by atoms with Crippen LogP contribution in [0.1, 0.15) is 25.7 Å². The van der Waals surface area contributed by atoms with Crippen LogP contribution < -0.4 is 4.72 Å². The van der Waals surface area contributed by atoms with Crippen LogP contribution in [0, 0.1) is 0 Å². The standard InChI is InChI=1S/C12H15Cl2NO3S/c13-8-5-6-12(9(14)7-8)19(17,18)15-10-3-1-2-4-11(10)16/h5-7,10-11,15-16H,1-4H2/t10-,11-/m0/s1. The Kier molecular flexibility index (Phi) is 4.74. The van der Waals surface area contributed by atoms with E-state index >= 15 is 0 Å². The summed E-state index contributed by atoms with van der Waals surface area (Å²) >= 11 is 11.6. The fourth-order valence-corrected chi connectivity index (χ4v) is 4.28. The average Bonchev–Trinajstić information content (AvgIpc) is 2.31. The Morgan fingerprint density at radius 2 is 1.89 bits per heavy atom. The lowest BCUT2D eigenvalue weighted by Crippen LogP contribution is -2.45. The van der Waals surface area contributed by atoms with E-state index in [4.69, 9.17) is 23.2 Å². The molecule has 0 heterocycles. The van der Waals surface area contributed by atoms with Gasteiger partial charge >= 0.3 is 0 Å². The van der Waals surface area contributed by atoms with E-state index in [2.05, 4.69) is 4.72 Å². The van der Waals surface area contributed by atoms with Gasteiger partial charge in [0.2, 0.25) is 10.0 Å². The van der Waals surface area contributed by atoms with Gasteiger partial charge in [0.25, 0.3) is 0 Å². The largest absolute Gasteiger partial charge is 0.391 e. The molecule has 0 radical (unpaired) electrons. The Balaban J connectivity index is 2.22. The van der Waals surface area contributed by atoms with E-state index in [9.17, 15) is 13.5 Å². The second-order valence-corrected chi connectivity index (χ2v) is 7.18. The van der Waals surface area contributed by atoms with Crippen molar-refractivity contribution >= 4 is 33.2 Å². The summed E-state index contributed by atoms with van der Waals surface area (Å²) in [6, 6.07) is 3.77. The molecule has 1 saturated carbocycles. The number of rotatable bonds is 3. The lowest BCUT2D eigenvalue weighted by atomic mass is 9.93. The van der Waals surface area contributed by atoms with Crippen molar-refractivity contribution in [3.8, 4) is 0 Å². The summed E-state index contributed by atoms with van der Waals surface area (Å²) in [5.41, 5.74) is 0. The molecule has 2 N–H and O–H groups in total. The zero-order valence-corrected chi connectivity index (χ0v) is 12.5. The van der Waals surface area contributed by atoms with E-state index in [0.29, 0.717) is 17.9 Å². The van der Waals surface area contributed by atoms with Gasteiger partial charge in [-0.3, -0.25) is 0 Å². The second-order valence-electron chi connectivity index (χ2n) is 4.65. The van der Waals surface area contributed by atoms with E-state index < -0.39 is 22.2 Å². The maximum atomic E-state index is 12.2. The molecule has 2 rings (SSSR count). The maximum Gasteiger partial charge on any atom is 0.242 e. The Labute approximate surface area is 122 Å². The Bertz CT molecular complexity index is 562. The Morgan fingerprint density at radius 1 is 1.21 bits per heavy atom. The molecule has 1 aliphatic carbocycles. The van der Waals surface area contributed by atoms with Crippen molar-refractivity contribution in [2.45, 2.75) is 42.7 Å². The van der Waals surface area contributed by atoms with Crippen molar-refractivity contribution in [2.75, 3.05) is 0 Å². The van der Waals surface area contributed by atoms with Crippen LogP contribution >= 0.6 is 23.2 Å². The lowest BCUT2D eigenvalue weighted by molar-refractivity contribution is 0.101. The molecule has 0 amide bonds. The Hall–Kier alpha value is -0.330. The summed E-state index contributed by atoms with van der Waals surface area (Å²) in [7, 11) is -3.74. The highest BCUT2D eigenvalue weighted by Gasteiger charge is 2.29. The molecular formula is C12H15Cl2NO3S. The summed E-state index contributed by atoms with van der Waals surface area (Å²) in [5.74, 6) is 0. The number of sulfonamides is 1. The van der Waals surface area contributed by atoms with Gasteiger partial charge in [0.1, 0.15) is 4.90 Å². The molecule has 0 aliphatic heterocycles. The predicted molar refractivity (Wildman–Crippen MR) is 75.0 cm³/mol. The highest BCUT2D eigenvalue weighted by Crippen LogP contribution is 2.26. The monoisotopic (exact) mass is 323 g/mol. The molecule has 0 spiro atoms. The first kappa shape index (κ1) is 15.1. The molecule has 4 nitrogen and oxygen atoms in total. The molecule has 2 atom stereocenters. The van der Waals surface area contributed by atoms with Crippen LogP contribution in [0.3, 0.4) is 0 Å². The summed E-state index contributed by atoms with van der Waals surface area (Å²) in [6.45, 7) is 0. The highest BCUT2D eigenvalue weighted by atomic mass is 35.5. The SMILES string of the molecule is O=S(=O)(N[C@H]1CCCC[C@@H]1O)c1ccc(Cl)cc1Cl. The minimum absolute atomic E-state index is 0.0173. The van der Waals surface area contributed by atoms with Crippen LogP contribution in [0.4, 0.5) is 0 Å². The number of hydrogen-bond acceptors (Lipinski definition) is 3. The third-order valence-corrected chi connectivity index (χ3v) is 5.43. The van der Waals surface area contributed by atoms with Crippen LogP contribution in [-0.2, 0) is 10.0 Å². The van der Waals surface area contributed by atoms with E-state index in [1.807, 2.05) is 0 Å². The smallest absolute Gasteiger partial charge is 0.242 e. The lowest BCUT2D eigenvalue weighted by Gasteiger charge is -2.28. The predicted octanol–water partition coefficient (Wildman–Crippen LogP) is 2.58. The summed E-state index contributed by atoms with van der Waals surface area (Å²) in [5, 5.41) is 10.3. The van der Waals surface area contributed by atoms with Gasteiger partial charge in [0.05, 0.1) is 11.1 Å². The maximum absolute atomic E-state index is 12.2. The van der Waals surface area contributed by atoms with E-state index in [1.54, 1.807) is 0 Å². The fraction of sp³-hybridized carbons (Fsp3) is 0.500. The number of benzene rings is 1. The molecule has 106 valence electrons. The van der Waals surface area contributed by atoms with Crippen LogP contribution in [0.2, 0.25) is 10.0 Å². The molecule has 7 heteroatoms. The quantitative estimate of drug-likeness (QED) is 0.898. The van der Waals surface area contributed by atoms with E-state index in [0.717, 1.165) is 12.8 Å². The molecule has 1 aromatic carbocycles. The first-order valence-electron chi connectivity index (χ1n) is 6.05. The fourth-order valence-electron chi connectivity index (χ4n) is 2.20. The molecule has 0 saturated heterocycles. The molecule has 0 unspecified atom stereocenters.